The zero-order valence-electron chi connectivity index (χ0n) is 14.6. The van der Waals surface area contributed by atoms with Gasteiger partial charge in [0.2, 0.25) is 11.8 Å². The molecule has 1 aromatic heterocycles. The molecule has 2 aromatic rings. The number of ether oxygens (including phenoxy) is 1. The maximum atomic E-state index is 12.2. The molecule has 4 N–H and O–H groups in total. The minimum Gasteiger partial charge on any atom is -0.383 e. The summed E-state index contributed by atoms with van der Waals surface area (Å²) in [5, 5.41) is 9.45. The van der Waals surface area contributed by atoms with E-state index in [1.807, 2.05) is 30.3 Å². The van der Waals surface area contributed by atoms with Crippen LogP contribution in [0.25, 0.3) is 0 Å². The molecule has 1 aromatic carbocycles. The number of methoxy groups -OCH3 is 1. The first-order valence-corrected chi connectivity index (χ1v) is 7.97. The third-order valence-corrected chi connectivity index (χ3v) is 3.47. The number of halogens is 1. The van der Waals surface area contributed by atoms with Gasteiger partial charge >= 0.3 is 0 Å². The van der Waals surface area contributed by atoms with E-state index < -0.39 is 6.04 Å². The lowest BCUT2D eigenvalue weighted by atomic mass is 10.1. The highest BCUT2D eigenvalue weighted by molar-refractivity contribution is 5.94. The molecule has 8 nitrogen and oxygen atoms in total. The molecule has 0 radical (unpaired) electrons. The van der Waals surface area contributed by atoms with Crippen LogP contribution in [-0.2, 0) is 27.3 Å². The molecule has 26 heavy (non-hydrogen) atoms. The normalized spacial score (nSPS) is 11.3. The van der Waals surface area contributed by atoms with Gasteiger partial charge in [-0.1, -0.05) is 30.3 Å². The molecule has 0 spiro atoms. The summed E-state index contributed by atoms with van der Waals surface area (Å²) < 4.78 is 6.30. The number of amides is 2. The van der Waals surface area contributed by atoms with Gasteiger partial charge in [0.15, 0.2) is 0 Å². The van der Waals surface area contributed by atoms with Gasteiger partial charge in [-0.15, -0.1) is 12.4 Å². The average Bonchev–Trinajstić information content (AvgIpc) is 3.02. The molecule has 0 fully saturated rings. The lowest BCUT2D eigenvalue weighted by Gasteiger charge is -2.11. The van der Waals surface area contributed by atoms with Gasteiger partial charge < -0.3 is 21.1 Å². The lowest BCUT2D eigenvalue weighted by molar-refractivity contribution is -0.122. The van der Waals surface area contributed by atoms with Crippen molar-refractivity contribution in [3.05, 3.63) is 48.3 Å². The standard InChI is InChI=1S/C17H23N5O3.ClH/c1-25-8-7-19-16(23)12-22-11-14(10-20-22)21-17(24)15(18)9-13-5-3-2-4-6-13;/h2-6,10-11,15H,7-9,12,18H2,1H3,(H,19,23)(H,21,24);1H/t15-;/m0./s1. The number of aromatic nitrogens is 2. The van der Waals surface area contributed by atoms with Crippen molar-refractivity contribution in [3.8, 4) is 0 Å². The van der Waals surface area contributed by atoms with Crippen LogP contribution < -0.4 is 16.4 Å². The van der Waals surface area contributed by atoms with Gasteiger partial charge in [0.25, 0.3) is 0 Å². The molecule has 0 aliphatic heterocycles. The van der Waals surface area contributed by atoms with Gasteiger partial charge in [-0.3, -0.25) is 14.3 Å². The molecule has 0 aliphatic rings. The third kappa shape index (κ3) is 7.22. The number of carbonyl (C=O) groups is 2. The Morgan fingerprint density at radius 3 is 2.73 bits per heavy atom. The highest BCUT2D eigenvalue weighted by Gasteiger charge is 2.15. The molecular weight excluding hydrogens is 358 g/mol. The Hall–Kier alpha value is -2.42. The Kier molecular flexibility index (Phi) is 9.35. The summed E-state index contributed by atoms with van der Waals surface area (Å²) in [6.07, 6.45) is 3.52. The predicted octanol–water partition coefficient (Wildman–Crippen LogP) is 0.576. The summed E-state index contributed by atoms with van der Waals surface area (Å²) in [7, 11) is 1.57. The van der Waals surface area contributed by atoms with Crippen LogP contribution in [0.15, 0.2) is 42.7 Å². The third-order valence-electron chi connectivity index (χ3n) is 3.47. The quantitative estimate of drug-likeness (QED) is 0.550. The van der Waals surface area contributed by atoms with Crippen molar-refractivity contribution >= 4 is 29.9 Å². The van der Waals surface area contributed by atoms with E-state index in [0.717, 1.165) is 5.56 Å². The van der Waals surface area contributed by atoms with Crippen LogP contribution in [0, 0.1) is 0 Å². The summed E-state index contributed by atoms with van der Waals surface area (Å²) in [4.78, 5) is 23.9. The maximum Gasteiger partial charge on any atom is 0.241 e. The smallest absolute Gasteiger partial charge is 0.241 e. The van der Waals surface area contributed by atoms with E-state index in [4.69, 9.17) is 10.5 Å². The van der Waals surface area contributed by atoms with Crippen molar-refractivity contribution in [3.63, 3.8) is 0 Å². The van der Waals surface area contributed by atoms with Crippen LogP contribution in [0.1, 0.15) is 5.56 Å². The molecule has 1 atom stereocenters. The van der Waals surface area contributed by atoms with E-state index in [-0.39, 0.29) is 30.8 Å². The van der Waals surface area contributed by atoms with Gasteiger partial charge in [0.1, 0.15) is 6.54 Å². The van der Waals surface area contributed by atoms with Gasteiger partial charge in [-0.2, -0.15) is 5.10 Å². The van der Waals surface area contributed by atoms with E-state index in [0.29, 0.717) is 25.3 Å². The second-order valence-electron chi connectivity index (χ2n) is 5.55. The van der Waals surface area contributed by atoms with E-state index in [9.17, 15) is 9.59 Å². The van der Waals surface area contributed by atoms with Crippen molar-refractivity contribution in [2.24, 2.45) is 5.73 Å². The monoisotopic (exact) mass is 381 g/mol. The fraction of sp³-hybridized carbons (Fsp3) is 0.353. The summed E-state index contributed by atoms with van der Waals surface area (Å²) >= 11 is 0. The Morgan fingerprint density at radius 2 is 2.04 bits per heavy atom. The number of benzene rings is 1. The van der Waals surface area contributed by atoms with Crippen LogP contribution >= 0.6 is 12.4 Å². The number of rotatable bonds is 9. The van der Waals surface area contributed by atoms with Crippen LogP contribution in [0.5, 0.6) is 0 Å². The fourth-order valence-electron chi connectivity index (χ4n) is 2.21. The number of carbonyl (C=O) groups excluding carboxylic acids is 2. The molecule has 0 saturated carbocycles. The van der Waals surface area contributed by atoms with Crippen LogP contribution in [-0.4, -0.2) is 47.9 Å². The summed E-state index contributed by atoms with van der Waals surface area (Å²) in [5.74, 6) is -0.480. The maximum absolute atomic E-state index is 12.2. The Morgan fingerprint density at radius 1 is 1.31 bits per heavy atom. The molecule has 142 valence electrons. The van der Waals surface area contributed by atoms with Gasteiger partial charge in [-0.05, 0) is 12.0 Å². The first-order chi connectivity index (χ1) is 12.1. The largest absolute Gasteiger partial charge is 0.383 e. The van der Waals surface area contributed by atoms with Crippen LogP contribution in [0.2, 0.25) is 0 Å². The van der Waals surface area contributed by atoms with Crippen molar-refractivity contribution in [1.82, 2.24) is 15.1 Å². The highest BCUT2D eigenvalue weighted by atomic mass is 35.5. The summed E-state index contributed by atoms with van der Waals surface area (Å²) in [6.45, 7) is 0.954. The van der Waals surface area contributed by atoms with Gasteiger partial charge in [0.05, 0.1) is 24.5 Å². The molecule has 9 heteroatoms. The van der Waals surface area contributed by atoms with Gasteiger partial charge in [-0.25, -0.2) is 0 Å². The topological polar surface area (TPSA) is 111 Å². The number of anilines is 1. The van der Waals surface area contributed by atoms with Gasteiger partial charge in [0, 0.05) is 19.9 Å². The SMILES string of the molecule is COCCNC(=O)Cn1cc(NC(=O)[C@@H](N)Cc2ccccc2)cn1.Cl. The molecule has 2 amide bonds. The minimum atomic E-state index is -0.664. The molecule has 0 unspecified atom stereocenters. The first kappa shape index (κ1) is 21.6. The zero-order chi connectivity index (χ0) is 18.1. The van der Waals surface area contributed by atoms with E-state index >= 15 is 0 Å². The predicted molar refractivity (Wildman–Crippen MR) is 101 cm³/mol. The Balaban J connectivity index is 0.00000338. The molecule has 1 heterocycles. The number of hydrogen-bond acceptors (Lipinski definition) is 5. The van der Waals surface area contributed by atoms with Crippen molar-refractivity contribution in [1.29, 1.82) is 0 Å². The second kappa shape index (κ2) is 11.2. The molecular formula is C17H24ClN5O3. The zero-order valence-corrected chi connectivity index (χ0v) is 15.4. The molecule has 0 saturated heterocycles. The van der Waals surface area contributed by atoms with Crippen LogP contribution in [0.4, 0.5) is 5.69 Å². The van der Waals surface area contributed by atoms with Crippen molar-refractivity contribution in [2.75, 3.05) is 25.6 Å². The number of nitrogens with two attached hydrogens (primary N) is 1. The number of hydrogen-bond donors (Lipinski definition) is 3. The molecule has 0 bridgehead atoms. The summed E-state index contributed by atoms with van der Waals surface area (Å²) in [5.41, 5.74) is 7.43. The first-order valence-electron chi connectivity index (χ1n) is 7.97. The van der Waals surface area contributed by atoms with Crippen molar-refractivity contribution < 1.29 is 14.3 Å². The Bertz CT molecular complexity index is 693. The number of nitrogens with zero attached hydrogens (tertiary/aromatic N) is 2. The molecule has 2 rings (SSSR count). The minimum absolute atomic E-state index is 0. The van der Waals surface area contributed by atoms with E-state index in [2.05, 4.69) is 15.7 Å². The van der Waals surface area contributed by atoms with E-state index in [1.165, 1.54) is 10.9 Å². The highest BCUT2D eigenvalue weighted by Crippen LogP contribution is 2.07. The molecule has 0 aliphatic carbocycles. The number of nitrogens with one attached hydrogen (secondary N) is 2. The fourth-order valence-corrected chi connectivity index (χ4v) is 2.21. The van der Waals surface area contributed by atoms with Crippen molar-refractivity contribution in [2.45, 2.75) is 19.0 Å². The lowest BCUT2D eigenvalue weighted by Crippen LogP contribution is -2.37. The van der Waals surface area contributed by atoms with E-state index in [1.54, 1.807) is 13.3 Å². The second-order valence-corrected chi connectivity index (χ2v) is 5.55. The average molecular weight is 382 g/mol. The summed E-state index contributed by atoms with van der Waals surface area (Å²) in [6, 6.07) is 8.90. The Labute approximate surface area is 158 Å². The van der Waals surface area contributed by atoms with Crippen LogP contribution in [0.3, 0.4) is 0 Å².